The number of hydrogen-bond acceptors (Lipinski definition) is 6. The van der Waals surface area contributed by atoms with E-state index in [-0.39, 0.29) is 24.3 Å². The molecule has 2 aromatic heterocycles. The first-order valence-electron chi connectivity index (χ1n) is 10.8. The largest absolute Gasteiger partial charge is 0.341 e. The van der Waals surface area contributed by atoms with E-state index < -0.39 is 0 Å². The molecule has 166 valence electrons. The van der Waals surface area contributed by atoms with Crippen LogP contribution in [0.15, 0.2) is 60.4 Å². The third kappa shape index (κ3) is 5.38. The lowest BCUT2D eigenvalue weighted by Gasteiger charge is -2.24. The molecule has 4 rings (SSSR count). The summed E-state index contributed by atoms with van der Waals surface area (Å²) in [6, 6.07) is 12.1. The van der Waals surface area contributed by atoms with E-state index in [1.165, 1.54) is 11.3 Å². The summed E-state index contributed by atoms with van der Waals surface area (Å²) in [5.74, 6) is -0.175. The first-order valence-corrected chi connectivity index (χ1v) is 11.7. The monoisotopic (exact) mass is 449 g/mol. The standard InChI is InChI=1S/C24H27N5O2S/c1-2-29-12-11-28(17-22(30)27-24-26-10-13-32-24)16-20(23(29)31)14-18-6-3-4-8-21(18)19-7-5-9-25-15-19/h3-10,13,15,20H,2,11-12,14,16-17H2,1H3,(H,26,27,30)/t20-/m0/s1. The molecule has 3 aromatic rings. The number of benzene rings is 1. The molecule has 1 atom stereocenters. The number of carbonyl (C=O) groups excluding carboxylic acids is 2. The van der Waals surface area contributed by atoms with Crippen molar-refractivity contribution in [3.8, 4) is 11.1 Å². The molecule has 1 saturated heterocycles. The lowest BCUT2D eigenvalue weighted by Crippen LogP contribution is -2.38. The SMILES string of the molecule is CCN1CCN(CC(=O)Nc2nccs2)C[C@H](Cc2ccccc2-c2cccnc2)C1=O. The number of aromatic nitrogens is 2. The third-order valence-electron chi connectivity index (χ3n) is 5.71. The molecule has 7 nitrogen and oxygen atoms in total. The average molecular weight is 450 g/mol. The van der Waals surface area contributed by atoms with Gasteiger partial charge >= 0.3 is 0 Å². The highest BCUT2D eigenvalue weighted by molar-refractivity contribution is 7.13. The summed E-state index contributed by atoms with van der Waals surface area (Å²) >= 11 is 1.39. The number of rotatable bonds is 7. The van der Waals surface area contributed by atoms with Crippen molar-refractivity contribution in [1.29, 1.82) is 0 Å². The Morgan fingerprint density at radius 1 is 1.19 bits per heavy atom. The van der Waals surface area contributed by atoms with E-state index in [9.17, 15) is 9.59 Å². The van der Waals surface area contributed by atoms with Gasteiger partial charge < -0.3 is 10.2 Å². The smallest absolute Gasteiger partial charge is 0.240 e. The number of nitrogens with one attached hydrogen (secondary N) is 1. The number of carbonyl (C=O) groups is 2. The summed E-state index contributed by atoms with van der Waals surface area (Å²) in [5.41, 5.74) is 3.24. The number of nitrogens with zero attached hydrogens (tertiary/aromatic N) is 4. The third-order valence-corrected chi connectivity index (χ3v) is 6.40. The van der Waals surface area contributed by atoms with E-state index in [2.05, 4.69) is 32.3 Å². The van der Waals surface area contributed by atoms with Gasteiger partial charge in [-0.3, -0.25) is 19.5 Å². The van der Waals surface area contributed by atoms with Gasteiger partial charge in [0.15, 0.2) is 5.13 Å². The van der Waals surface area contributed by atoms with E-state index >= 15 is 0 Å². The summed E-state index contributed by atoms with van der Waals surface area (Å²) in [4.78, 5) is 38.2. The van der Waals surface area contributed by atoms with Crippen LogP contribution in [0.3, 0.4) is 0 Å². The molecule has 0 radical (unpaired) electrons. The van der Waals surface area contributed by atoms with Crippen LogP contribution in [0.4, 0.5) is 5.13 Å². The topological polar surface area (TPSA) is 78.4 Å². The first-order chi connectivity index (χ1) is 15.6. The average Bonchev–Trinajstić information content (AvgIpc) is 3.27. The van der Waals surface area contributed by atoms with E-state index in [0.29, 0.717) is 37.7 Å². The van der Waals surface area contributed by atoms with Crippen LogP contribution in [0.5, 0.6) is 0 Å². The molecule has 0 unspecified atom stereocenters. The highest BCUT2D eigenvalue weighted by atomic mass is 32.1. The van der Waals surface area contributed by atoms with Crippen molar-refractivity contribution in [3.05, 3.63) is 65.9 Å². The summed E-state index contributed by atoms with van der Waals surface area (Å²) in [6.45, 7) is 4.75. The van der Waals surface area contributed by atoms with Gasteiger partial charge in [-0.15, -0.1) is 11.3 Å². The second-order valence-corrected chi connectivity index (χ2v) is 8.73. The van der Waals surface area contributed by atoms with Crippen LogP contribution in [-0.4, -0.2) is 64.3 Å². The van der Waals surface area contributed by atoms with Crippen LogP contribution in [0.25, 0.3) is 11.1 Å². The first kappa shape index (κ1) is 22.1. The van der Waals surface area contributed by atoms with E-state index in [1.807, 2.05) is 47.7 Å². The van der Waals surface area contributed by atoms with E-state index in [0.717, 1.165) is 16.7 Å². The van der Waals surface area contributed by atoms with Gasteiger partial charge in [-0.05, 0) is 30.5 Å². The molecule has 1 aliphatic rings. The molecule has 1 aliphatic heterocycles. The Balaban J connectivity index is 1.52. The van der Waals surface area contributed by atoms with Crippen molar-refractivity contribution in [2.24, 2.45) is 5.92 Å². The number of hydrogen-bond donors (Lipinski definition) is 1. The maximum absolute atomic E-state index is 13.3. The molecular weight excluding hydrogens is 422 g/mol. The number of amides is 2. The second-order valence-electron chi connectivity index (χ2n) is 7.84. The van der Waals surface area contributed by atoms with Crippen LogP contribution < -0.4 is 5.32 Å². The minimum absolute atomic E-state index is 0.105. The summed E-state index contributed by atoms with van der Waals surface area (Å²) in [6.07, 6.45) is 5.89. The van der Waals surface area contributed by atoms with Crippen LogP contribution in [0, 0.1) is 5.92 Å². The van der Waals surface area contributed by atoms with Gasteiger partial charge in [0.1, 0.15) is 0 Å². The van der Waals surface area contributed by atoms with Crippen molar-refractivity contribution < 1.29 is 9.59 Å². The molecule has 0 aliphatic carbocycles. The number of pyridine rings is 1. The van der Waals surface area contributed by atoms with Crippen molar-refractivity contribution in [2.75, 3.05) is 38.0 Å². The molecule has 0 bridgehead atoms. The van der Waals surface area contributed by atoms with Gasteiger partial charge in [-0.2, -0.15) is 0 Å². The van der Waals surface area contributed by atoms with Crippen LogP contribution in [0.2, 0.25) is 0 Å². The minimum Gasteiger partial charge on any atom is -0.341 e. The lowest BCUT2D eigenvalue weighted by molar-refractivity contribution is -0.134. The zero-order valence-electron chi connectivity index (χ0n) is 18.1. The van der Waals surface area contributed by atoms with Gasteiger partial charge in [0.25, 0.3) is 0 Å². The van der Waals surface area contributed by atoms with Gasteiger partial charge in [0.05, 0.1) is 12.5 Å². The Morgan fingerprint density at radius 3 is 2.81 bits per heavy atom. The molecule has 3 heterocycles. The Bertz CT molecular complexity index is 1040. The number of likely N-dealkylation sites (N-methyl/N-ethyl adjacent to an activating group) is 1. The molecule has 0 saturated carbocycles. The Kier molecular flexibility index (Phi) is 7.24. The number of anilines is 1. The van der Waals surface area contributed by atoms with Crippen LogP contribution in [0.1, 0.15) is 12.5 Å². The molecule has 1 aromatic carbocycles. The molecule has 1 fully saturated rings. The minimum atomic E-state index is -0.220. The molecule has 2 amide bonds. The van der Waals surface area contributed by atoms with Gasteiger partial charge in [0, 0.05) is 55.7 Å². The normalized spacial score (nSPS) is 17.2. The highest BCUT2D eigenvalue weighted by Gasteiger charge is 2.31. The Morgan fingerprint density at radius 2 is 2.06 bits per heavy atom. The van der Waals surface area contributed by atoms with E-state index in [1.54, 1.807) is 12.4 Å². The molecule has 32 heavy (non-hydrogen) atoms. The summed E-state index contributed by atoms with van der Waals surface area (Å²) in [7, 11) is 0. The van der Waals surface area contributed by atoms with Crippen molar-refractivity contribution in [2.45, 2.75) is 13.3 Å². The van der Waals surface area contributed by atoms with Crippen molar-refractivity contribution in [1.82, 2.24) is 19.8 Å². The molecule has 1 N–H and O–H groups in total. The predicted molar refractivity (Wildman–Crippen MR) is 126 cm³/mol. The van der Waals surface area contributed by atoms with Crippen LogP contribution in [-0.2, 0) is 16.0 Å². The molecular formula is C24H27N5O2S. The Labute approximate surface area is 192 Å². The lowest BCUT2D eigenvalue weighted by atomic mass is 9.91. The predicted octanol–water partition coefficient (Wildman–Crippen LogP) is 3.17. The summed E-state index contributed by atoms with van der Waals surface area (Å²) in [5, 5.41) is 5.27. The fourth-order valence-electron chi connectivity index (χ4n) is 4.14. The van der Waals surface area contributed by atoms with Crippen LogP contribution >= 0.6 is 11.3 Å². The highest BCUT2D eigenvalue weighted by Crippen LogP contribution is 2.26. The van der Waals surface area contributed by atoms with Gasteiger partial charge in [0.2, 0.25) is 11.8 Å². The number of thiazole rings is 1. The Hall–Kier alpha value is -3.10. The maximum atomic E-state index is 13.3. The zero-order chi connectivity index (χ0) is 22.3. The zero-order valence-corrected chi connectivity index (χ0v) is 18.9. The van der Waals surface area contributed by atoms with Crippen molar-refractivity contribution in [3.63, 3.8) is 0 Å². The van der Waals surface area contributed by atoms with E-state index in [4.69, 9.17) is 0 Å². The fourth-order valence-corrected chi connectivity index (χ4v) is 4.68. The van der Waals surface area contributed by atoms with Gasteiger partial charge in [-0.1, -0.05) is 30.3 Å². The fraction of sp³-hybridized carbons (Fsp3) is 0.333. The quantitative estimate of drug-likeness (QED) is 0.600. The molecule has 0 spiro atoms. The van der Waals surface area contributed by atoms with Crippen molar-refractivity contribution >= 4 is 28.3 Å². The maximum Gasteiger partial charge on any atom is 0.240 e. The second kappa shape index (κ2) is 10.5. The molecule has 8 heteroatoms. The summed E-state index contributed by atoms with van der Waals surface area (Å²) < 4.78 is 0. The van der Waals surface area contributed by atoms with Gasteiger partial charge in [-0.25, -0.2) is 4.98 Å².